The first-order chi connectivity index (χ1) is 14.2. The number of hydrogen-bond acceptors (Lipinski definition) is 4. The van der Waals surface area contributed by atoms with Crippen molar-refractivity contribution in [2.75, 3.05) is 0 Å². The number of rotatable bonds is 6. The Morgan fingerprint density at radius 2 is 1.83 bits per heavy atom. The summed E-state index contributed by atoms with van der Waals surface area (Å²) in [7, 11) is 0. The standard InChI is InChI=1S/C23H21N5O/c1-17-7-8-18(14-25-17)13-22(29)26-15-20-16-28(21-5-3-2-4-6-21)27-23(20)19-9-11-24-12-10-19/h2-12,14,16H,13,15H2,1H3,(H,26,29). The van der Waals surface area contributed by atoms with Crippen LogP contribution in [-0.4, -0.2) is 25.7 Å². The fourth-order valence-corrected chi connectivity index (χ4v) is 3.05. The van der Waals surface area contributed by atoms with E-state index >= 15 is 0 Å². The molecular formula is C23H21N5O. The maximum Gasteiger partial charge on any atom is 0.224 e. The number of hydrogen-bond donors (Lipinski definition) is 1. The molecule has 0 unspecified atom stereocenters. The molecule has 0 saturated heterocycles. The third-order valence-electron chi connectivity index (χ3n) is 4.58. The third-order valence-corrected chi connectivity index (χ3v) is 4.58. The second-order valence-corrected chi connectivity index (χ2v) is 6.78. The van der Waals surface area contributed by atoms with Crippen LogP contribution in [0.5, 0.6) is 0 Å². The van der Waals surface area contributed by atoms with Gasteiger partial charge in [-0.2, -0.15) is 5.10 Å². The molecule has 3 heterocycles. The molecule has 0 aliphatic rings. The first-order valence-electron chi connectivity index (χ1n) is 9.41. The van der Waals surface area contributed by atoms with Crippen LogP contribution >= 0.6 is 0 Å². The molecule has 6 heteroatoms. The second kappa shape index (κ2) is 8.48. The Labute approximate surface area is 169 Å². The molecule has 0 fully saturated rings. The number of pyridine rings is 2. The van der Waals surface area contributed by atoms with E-state index in [0.29, 0.717) is 13.0 Å². The molecule has 3 aromatic heterocycles. The van der Waals surface area contributed by atoms with Gasteiger partial charge in [0.1, 0.15) is 0 Å². The topological polar surface area (TPSA) is 72.7 Å². The highest BCUT2D eigenvalue weighted by Crippen LogP contribution is 2.23. The summed E-state index contributed by atoms with van der Waals surface area (Å²) < 4.78 is 1.83. The number of aryl methyl sites for hydroxylation is 1. The largest absolute Gasteiger partial charge is 0.352 e. The van der Waals surface area contributed by atoms with Crippen molar-refractivity contribution in [3.05, 3.63) is 96.2 Å². The predicted molar refractivity (Wildman–Crippen MR) is 111 cm³/mol. The minimum Gasteiger partial charge on any atom is -0.352 e. The molecule has 0 radical (unpaired) electrons. The number of amides is 1. The fourth-order valence-electron chi connectivity index (χ4n) is 3.05. The number of para-hydroxylation sites is 1. The Kier molecular flexibility index (Phi) is 5.42. The van der Waals surface area contributed by atoms with Gasteiger partial charge in [0.15, 0.2) is 0 Å². The van der Waals surface area contributed by atoms with Crippen LogP contribution in [0.3, 0.4) is 0 Å². The zero-order chi connectivity index (χ0) is 20.1. The highest BCUT2D eigenvalue weighted by Gasteiger charge is 2.13. The van der Waals surface area contributed by atoms with E-state index in [4.69, 9.17) is 5.10 Å². The third kappa shape index (κ3) is 4.55. The van der Waals surface area contributed by atoms with E-state index in [2.05, 4.69) is 15.3 Å². The van der Waals surface area contributed by atoms with E-state index in [1.165, 1.54) is 0 Å². The van der Waals surface area contributed by atoms with Crippen molar-refractivity contribution in [2.24, 2.45) is 0 Å². The molecule has 1 amide bonds. The molecule has 4 aromatic rings. The van der Waals surface area contributed by atoms with Crippen LogP contribution < -0.4 is 5.32 Å². The highest BCUT2D eigenvalue weighted by atomic mass is 16.1. The van der Waals surface area contributed by atoms with Crippen LogP contribution in [0.2, 0.25) is 0 Å². The maximum absolute atomic E-state index is 12.4. The van der Waals surface area contributed by atoms with Crippen molar-refractivity contribution >= 4 is 5.91 Å². The van der Waals surface area contributed by atoms with Gasteiger partial charge in [-0.05, 0) is 42.8 Å². The van der Waals surface area contributed by atoms with Gasteiger partial charge in [-0.15, -0.1) is 0 Å². The molecule has 0 aliphatic carbocycles. The van der Waals surface area contributed by atoms with Crippen LogP contribution in [0, 0.1) is 6.92 Å². The summed E-state index contributed by atoms with van der Waals surface area (Å²) in [4.78, 5) is 20.7. The van der Waals surface area contributed by atoms with Crippen LogP contribution in [0.1, 0.15) is 16.8 Å². The van der Waals surface area contributed by atoms with E-state index in [1.54, 1.807) is 18.6 Å². The molecule has 29 heavy (non-hydrogen) atoms. The quantitative estimate of drug-likeness (QED) is 0.553. The predicted octanol–water partition coefficient (Wildman–Crippen LogP) is 3.50. The van der Waals surface area contributed by atoms with Crippen LogP contribution in [-0.2, 0) is 17.8 Å². The zero-order valence-corrected chi connectivity index (χ0v) is 16.1. The number of nitrogens with one attached hydrogen (secondary N) is 1. The molecule has 6 nitrogen and oxygen atoms in total. The second-order valence-electron chi connectivity index (χ2n) is 6.78. The summed E-state index contributed by atoms with van der Waals surface area (Å²) in [5, 5.41) is 7.75. The summed E-state index contributed by atoms with van der Waals surface area (Å²) in [5.41, 5.74) is 5.52. The molecule has 1 aromatic carbocycles. The summed E-state index contributed by atoms with van der Waals surface area (Å²) in [5.74, 6) is -0.0520. The lowest BCUT2D eigenvalue weighted by molar-refractivity contribution is -0.120. The molecule has 0 spiro atoms. The van der Waals surface area contributed by atoms with E-state index in [9.17, 15) is 4.79 Å². The summed E-state index contributed by atoms with van der Waals surface area (Å²) in [6, 6.07) is 17.6. The fraction of sp³-hybridized carbons (Fsp3) is 0.130. The Bertz CT molecular complexity index is 1090. The lowest BCUT2D eigenvalue weighted by Gasteiger charge is -2.06. The summed E-state index contributed by atoms with van der Waals surface area (Å²) in [6.07, 6.45) is 7.47. The zero-order valence-electron chi connectivity index (χ0n) is 16.1. The number of aromatic nitrogens is 4. The Morgan fingerprint density at radius 3 is 2.55 bits per heavy atom. The van der Waals surface area contributed by atoms with Gasteiger partial charge in [0, 0.05) is 48.2 Å². The van der Waals surface area contributed by atoms with Crippen molar-refractivity contribution in [1.82, 2.24) is 25.1 Å². The Morgan fingerprint density at radius 1 is 1.03 bits per heavy atom. The van der Waals surface area contributed by atoms with E-state index in [-0.39, 0.29) is 5.91 Å². The van der Waals surface area contributed by atoms with Crippen LogP contribution in [0.25, 0.3) is 16.9 Å². The molecular weight excluding hydrogens is 362 g/mol. The minimum absolute atomic E-state index is 0.0520. The highest BCUT2D eigenvalue weighted by molar-refractivity contribution is 5.78. The lowest BCUT2D eigenvalue weighted by atomic mass is 10.1. The monoisotopic (exact) mass is 383 g/mol. The first kappa shape index (κ1) is 18.6. The number of carbonyl (C=O) groups is 1. The van der Waals surface area contributed by atoms with Crippen LogP contribution in [0.15, 0.2) is 79.4 Å². The van der Waals surface area contributed by atoms with Gasteiger partial charge in [0.05, 0.1) is 17.8 Å². The molecule has 144 valence electrons. The Balaban J connectivity index is 1.54. The van der Waals surface area contributed by atoms with Gasteiger partial charge < -0.3 is 5.32 Å². The lowest BCUT2D eigenvalue weighted by Crippen LogP contribution is -2.24. The van der Waals surface area contributed by atoms with Gasteiger partial charge >= 0.3 is 0 Å². The maximum atomic E-state index is 12.4. The molecule has 1 N–H and O–H groups in total. The van der Waals surface area contributed by atoms with Crippen molar-refractivity contribution in [3.63, 3.8) is 0 Å². The van der Waals surface area contributed by atoms with Crippen molar-refractivity contribution in [1.29, 1.82) is 0 Å². The van der Waals surface area contributed by atoms with Gasteiger partial charge in [0.25, 0.3) is 0 Å². The number of carbonyl (C=O) groups excluding carboxylic acids is 1. The molecule has 0 aliphatic heterocycles. The minimum atomic E-state index is -0.0520. The molecule has 4 rings (SSSR count). The molecule has 0 bridgehead atoms. The summed E-state index contributed by atoms with van der Waals surface area (Å²) >= 11 is 0. The van der Waals surface area contributed by atoms with E-state index in [0.717, 1.165) is 33.8 Å². The van der Waals surface area contributed by atoms with E-state index < -0.39 is 0 Å². The first-order valence-corrected chi connectivity index (χ1v) is 9.41. The smallest absolute Gasteiger partial charge is 0.224 e. The summed E-state index contributed by atoms with van der Waals surface area (Å²) in [6.45, 7) is 2.32. The van der Waals surface area contributed by atoms with Gasteiger partial charge in [0.2, 0.25) is 5.91 Å². The van der Waals surface area contributed by atoms with E-state index in [1.807, 2.05) is 72.4 Å². The van der Waals surface area contributed by atoms with Crippen molar-refractivity contribution < 1.29 is 4.79 Å². The van der Waals surface area contributed by atoms with Crippen LogP contribution in [0.4, 0.5) is 0 Å². The van der Waals surface area contributed by atoms with Gasteiger partial charge in [-0.25, -0.2) is 4.68 Å². The average Bonchev–Trinajstić information content (AvgIpc) is 3.20. The van der Waals surface area contributed by atoms with Crippen molar-refractivity contribution in [2.45, 2.75) is 19.9 Å². The average molecular weight is 383 g/mol. The Hall–Kier alpha value is -3.80. The molecule has 0 saturated carbocycles. The van der Waals surface area contributed by atoms with Crippen molar-refractivity contribution in [3.8, 4) is 16.9 Å². The number of benzene rings is 1. The molecule has 0 atom stereocenters. The van der Waals surface area contributed by atoms with Gasteiger partial charge in [-0.1, -0.05) is 24.3 Å². The number of nitrogens with zero attached hydrogens (tertiary/aromatic N) is 4. The van der Waals surface area contributed by atoms with Gasteiger partial charge in [-0.3, -0.25) is 14.8 Å². The normalized spacial score (nSPS) is 10.7. The SMILES string of the molecule is Cc1ccc(CC(=O)NCc2cn(-c3ccccc3)nc2-c2ccncc2)cn1.